The molecule has 0 bridgehead atoms. The summed E-state index contributed by atoms with van der Waals surface area (Å²) in [6.45, 7) is 3.55. The van der Waals surface area contributed by atoms with E-state index in [-0.39, 0.29) is 0 Å². The number of aliphatic carboxylic acids is 1. The van der Waals surface area contributed by atoms with E-state index >= 15 is 0 Å². The maximum Gasteiger partial charge on any atom is 0.344 e. The van der Waals surface area contributed by atoms with Crippen molar-refractivity contribution in [1.82, 2.24) is 0 Å². The van der Waals surface area contributed by atoms with Gasteiger partial charge in [0.05, 0.1) is 5.69 Å². The molecular weight excluding hydrogens is 393 g/mol. The van der Waals surface area contributed by atoms with Crippen LogP contribution in [-0.4, -0.2) is 23.4 Å². The Kier molecular flexibility index (Phi) is 5.54. The first kappa shape index (κ1) is 16.5. The molecule has 114 valence electrons. The predicted octanol–water partition coefficient (Wildman–Crippen LogP) is 4.20. The van der Waals surface area contributed by atoms with Crippen LogP contribution in [-0.2, 0) is 4.79 Å². The predicted molar refractivity (Wildman–Crippen MR) is 95.3 cm³/mol. The zero-order chi connectivity index (χ0) is 16.1. The first-order valence-electron chi connectivity index (χ1n) is 6.75. The van der Waals surface area contributed by atoms with Gasteiger partial charge in [-0.1, -0.05) is 0 Å². The maximum atomic E-state index is 10.7. The van der Waals surface area contributed by atoms with Crippen LogP contribution in [0.5, 0.6) is 5.75 Å². The van der Waals surface area contributed by atoms with E-state index in [4.69, 9.17) is 9.84 Å². The highest BCUT2D eigenvalue weighted by Gasteiger charge is 2.11. The van der Waals surface area contributed by atoms with Crippen LogP contribution in [0, 0.1) is 10.5 Å². The highest BCUT2D eigenvalue weighted by Crippen LogP contribution is 2.19. The van der Waals surface area contributed by atoms with Gasteiger partial charge in [0.25, 0.3) is 0 Å². The molecule has 0 fully saturated rings. The maximum absolute atomic E-state index is 10.7. The van der Waals surface area contributed by atoms with Gasteiger partial charge in [-0.05, 0) is 90.0 Å². The number of aliphatic imine (C=N–C) groups is 1. The van der Waals surface area contributed by atoms with Gasteiger partial charge in [0.2, 0.25) is 0 Å². The molecule has 0 unspecified atom stereocenters. The number of benzene rings is 2. The highest BCUT2D eigenvalue weighted by molar-refractivity contribution is 14.1. The lowest BCUT2D eigenvalue weighted by Gasteiger charge is -2.09. The van der Waals surface area contributed by atoms with E-state index in [0.717, 1.165) is 11.3 Å². The number of carboxylic acid groups (broad SMARTS) is 1. The summed E-state index contributed by atoms with van der Waals surface area (Å²) in [4.78, 5) is 15.2. The molecule has 4 nitrogen and oxygen atoms in total. The third kappa shape index (κ3) is 4.56. The number of nitrogens with zero attached hydrogens (tertiary/aromatic N) is 1. The Balaban J connectivity index is 2.05. The molecule has 2 aromatic rings. The van der Waals surface area contributed by atoms with Crippen molar-refractivity contribution < 1.29 is 14.6 Å². The van der Waals surface area contributed by atoms with Gasteiger partial charge in [-0.2, -0.15) is 0 Å². The molecule has 0 saturated heterocycles. The highest BCUT2D eigenvalue weighted by atomic mass is 127. The third-order valence-electron chi connectivity index (χ3n) is 3.04. The average molecular weight is 409 g/mol. The van der Waals surface area contributed by atoms with Crippen molar-refractivity contribution in [3.8, 4) is 5.75 Å². The van der Waals surface area contributed by atoms with Gasteiger partial charge < -0.3 is 9.84 Å². The fourth-order valence-electron chi connectivity index (χ4n) is 1.75. The summed E-state index contributed by atoms with van der Waals surface area (Å²) in [5, 5.41) is 8.80. The minimum absolute atomic E-state index is 0.525. The standard InChI is InChI=1S/C17H16INO3/c1-11-9-14(5-8-16(11)18)19-10-13-3-6-15(7-4-13)22-12(2)17(20)21/h3-10,12H,1-2H3,(H,20,21)/t12-/m0/s1. The van der Waals surface area contributed by atoms with Crippen molar-refractivity contribution in [1.29, 1.82) is 0 Å². The number of halogens is 1. The van der Waals surface area contributed by atoms with E-state index in [2.05, 4.69) is 34.5 Å². The molecule has 0 spiro atoms. The summed E-state index contributed by atoms with van der Waals surface area (Å²) in [5.74, 6) is -0.461. The normalized spacial score (nSPS) is 12.3. The SMILES string of the molecule is Cc1cc(N=Cc2ccc(O[C@@H](C)C(=O)O)cc2)ccc1I. The summed E-state index contributed by atoms with van der Waals surface area (Å²) in [6, 6.07) is 13.2. The second kappa shape index (κ2) is 7.40. The fraction of sp³-hybridized carbons (Fsp3) is 0.176. The van der Waals surface area contributed by atoms with Crippen molar-refractivity contribution in [2.24, 2.45) is 4.99 Å². The van der Waals surface area contributed by atoms with Crippen LogP contribution in [0.3, 0.4) is 0 Å². The van der Waals surface area contributed by atoms with Crippen LogP contribution in [0.2, 0.25) is 0 Å². The van der Waals surface area contributed by atoms with E-state index in [0.29, 0.717) is 5.75 Å². The number of carbonyl (C=O) groups is 1. The molecule has 0 aliphatic heterocycles. The number of rotatable bonds is 5. The van der Waals surface area contributed by atoms with Crippen molar-refractivity contribution in [2.45, 2.75) is 20.0 Å². The molecule has 0 heterocycles. The Morgan fingerprint density at radius 1 is 1.27 bits per heavy atom. The summed E-state index contributed by atoms with van der Waals surface area (Å²) >= 11 is 2.29. The number of ether oxygens (including phenoxy) is 1. The van der Waals surface area contributed by atoms with Crippen LogP contribution >= 0.6 is 22.6 Å². The first-order valence-corrected chi connectivity index (χ1v) is 7.83. The minimum atomic E-state index is -0.986. The van der Waals surface area contributed by atoms with Crippen molar-refractivity contribution >= 4 is 40.5 Å². The second-order valence-corrected chi connectivity index (χ2v) is 6.02. The molecule has 0 aliphatic rings. The number of carboxylic acids is 1. The molecule has 0 aromatic heterocycles. The summed E-state index contributed by atoms with van der Waals surface area (Å²) in [6.07, 6.45) is 0.903. The molecule has 2 aromatic carbocycles. The molecule has 1 atom stereocenters. The van der Waals surface area contributed by atoms with Crippen LogP contribution in [0.1, 0.15) is 18.1 Å². The third-order valence-corrected chi connectivity index (χ3v) is 4.26. The Morgan fingerprint density at radius 2 is 1.95 bits per heavy atom. The van der Waals surface area contributed by atoms with Gasteiger partial charge in [-0.25, -0.2) is 4.79 Å². The average Bonchev–Trinajstić information content (AvgIpc) is 2.49. The number of hydrogen-bond acceptors (Lipinski definition) is 3. The Morgan fingerprint density at radius 3 is 2.55 bits per heavy atom. The Bertz CT molecular complexity index is 696. The van der Waals surface area contributed by atoms with Crippen LogP contribution < -0.4 is 4.74 Å². The molecule has 5 heteroatoms. The van der Waals surface area contributed by atoms with E-state index in [1.807, 2.05) is 30.3 Å². The number of aryl methyl sites for hydroxylation is 1. The number of hydrogen-bond donors (Lipinski definition) is 1. The zero-order valence-electron chi connectivity index (χ0n) is 12.3. The smallest absolute Gasteiger partial charge is 0.344 e. The van der Waals surface area contributed by atoms with Gasteiger partial charge in [-0.15, -0.1) is 0 Å². The second-order valence-electron chi connectivity index (χ2n) is 4.86. The van der Waals surface area contributed by atoms with Gasteiger partial charge in [0.15, 0.2) is 6.10 Å². The summed E-state index contributed by atoms with van der Waals surface area (Å²) in [7, 11) is 0. The van der Waals surface area contributed by atoms with E-state index in [1.54, 1.807) is 18.3 Å². The molecule has 0 amide bonds. The fourth-order valence-corrected chi connectivity index (χ4v) is 2.08. The van der Waals surface area contributed by atoms with Gasteiger partial charge >= 0.3 is 5.97 Å². The Labute approximate surface area is 143 Å². The summed E-state index contributed by atoms with van der Waals surface area (Å²) in [5.41, 5.74) is 3.02. The lowest BCUT2D eigenvalue weighted by atomic mass is 10.2. The lowest BCUT2D eigenvalue weighted by Crippen LogP contribution is -2.22. The van der Waals surface area contributed by atoms with E-state index in [1.165, 1.54) is 16.1 Å². The topological polar surface area (TPSA) is 58.9 Å². The molecule has 1 N–H and O–H groups in total. The van der Waals surface area contributed by atoms with Gasteiger partial charge in [0.1, 0.15) is 5.75 Å². The minimum Gasteiger partial charge on any atom is -0.479 e. The molecule has 2 rings (SSSR count). The van der Waals surface area contributed by atoms with Crippen LogP contribution in [0.15, 0.2) is 47.5 Å². The molecule has 0 aliphatic carbocycles. The molecule has 0 radical (unpaired) electrons. The van der Waals surface area contributed by atoms with Crippen LogP contribution in [0.25, 0.3) is 0 Å². The van der Waals surface area contributed by atoms with Crippen molar-refractivity contribution in [2.75, 3.05) is 0 Å². The van der Waals surface area contributed by atoms with E-state index < -0.39 is 12.1 Å². The summed E-state index contributed by atoms with van der Waals surface area (Å²) < 4.78 is 6.49. The quantitative estimate of drug-likeness (QED) is 0.595. The van der Waals surface area contributed by atoms with Crippen molar-refractivity contribution in [3.63, 3.8) is 0 Å². The largest absolute Gasteiger partial charge is 0.479 e. The first-order chi connectivity index (χ1) is 10.5. The van der Waals surface area contributed by atoms with Gasteiger partial charge in [0, 0.05) is 9.78 Å². The Hall–Kier alpha value is -1.89. The van der Waals surface area contributed by atoms with Crippen LogP contribution in [0.4, 0.5) is 5.69 Å². The van der Waals surface area contributed by atoms with Gasteiger partial charge in [-0.3, -0.25) is 4.99 Å². The zero-order valence-corrected chi connectivity index (χ0v) is 14.4. The monoisotopic (exact) mass is 409 g/mol. The molecular formula is C17H16INO3. The molecule has 0 saturated carbocycles. The molecule has 22 heavy (non-hydrogen) atoms. The lowest BCUT2D eigenvalue weighted by molar-refractivity contribution is -0.144. The van der Waals surface area contributed by atoms with Crippen molar-refractivity contribution in [3.05, 3.63) is 57.2 Å². The van der Waals surface area contributed by atoms with E-state index in [9.17, 15) is 4.79 Å².